The van der Waals surface area contributed by atoms with Gasteiger partial charge in [-0.15, -0.1) is 0 Å². The van der Waals surface area contributed by atoms with Crippen molar-refractivity contribution in [1.82, 2.24) is 20.1 Å². The molecule has 140 valence electrons. The van der Waals surface area contributed by atoms with Crippen LogP contribution in [-0.2, 0) is 4.79 Å². The Balaban J connectivity index is 1.38. The topological polar surface area (TPSA) is 68.8 Å². The molecule has 0 bridgehead atoms. The van der Waals surface area contributed by atoms with Crippen LogP contribution in [0.3, 0.4) is 0 Å². The largest absolute Gasteiger partial charge is 0.369 e. The molecule has 0 unspecified atom stereocenters. The van der Waals surface area contributed by atoms with Gasteiger partial charge in [-0.25, -0.2) is 9.69 Å². The molecule has 2 atom stereocenters. The maximum Gasteiger partial charge on any atom is 0.326 e. The average Bonchev–Trinajstić information content (AvgIpc) is 2.90. The van der Waals surface area contributed by atoms with Gasteiger partial charge in [0.05, 0.1) is 6.67 Å². The van der Waals surface area contributed by atoms with Crippen LogP contribution in [0.4, 0.5) is 10.5 Å². The zero-order valence-corrected chi connectivity index (χ0v) is 15.4. The molecule has 3 fully saturated rings. The Kier molecular flexibility index (Phi) is 4.56. The molecule has 26 heavy (non-hydrogen) atoms. The van der Waals surface area contributed by atoms with Gasteiger partial charge in [0.1, 0.15) is 5.54 Å². The fraction of sp³-hybridized carbons (Fsp3) is 0.632. The second-order valence-corrected chi connectivity index (χ2v) is 7.73. The zero-order chi connectivity index (χ0) is 18.1. The Labute approximate surface area is 154 Å². The lowest BCUT2D eigenvalue weighted by Gasteiger charge is -2.38. The summed E-state index contributed by atoms with van der Waals surface area (Å²) in [5, 5.41) is 3.04. The van der Waals surface area contributed by atoms with Crippen LogP contribution in [0.2, 0.25) is 0 Å². The summed E-state index contributed by atoms with van der Waals surface area (Å²) in [4.78, 5) is 35.6. The lowest BCUT2D eigenvalue weighted by Crippen LogP contribution is -2.55. The van der Waals surface area contributed by atoms with Crippen molar-refractivity contribution < 1.29 is 9.59 Å². The molecule has 1 aromatic heterocycles. The van der Waals surface area contributed by atoms with Gasteiger partial charge < -0.3 is 10.2 Å². The smallest absolute Gasteiger partial charge is 0.326 e. The minimum Gasteiger partial charge on any atom is -0.369 e. The third-order valence-corrected chi connectivity index (χ3v) is 6.24. The third-order valence-electron chi connectivity index (χ3n) is 6.24. The number of urea groups is 1. The van der Waals surface area contributed by atoms with E-state index >= 15 is 0 Å². The molecule has 1 aromatic rings. The number of pyridine rings is 1. The van der Waals surface area contributed by atoms with Crippen molar-refractivity contribution in [2.24, 2.45) is 5.92 Å². The first-order chi connectivity index (χ1) is 12.6. The van der Waals surface area contributed by atoms with Crippen molar-refractivity contribution in [3.8, 4) is 0 Å². The molecule has 1 saturated carbocycles. The number of amides is 3. The Morgan fingerprint density at radius 3 is 2.58 bits per heavy atom. The summed E-state index contributed by atoms with van der Waals surface area (Å²) in [6.45, 7) is 5.92. The van der Waals surface area contributed by atoms with E-state index in [4.69, 9.17) is 0 Å². The molecule has 3 aliphatic rings. The van der Waals surface area contributed by atoms with Gasteiger partial charge in [0.15, 0.2) is 0 Å². The summed E-state index contributed by atoms with van der Waals surface area (Å²) < 4.78 is 0. The minimum atomic E-state index is -0.659. The molecule has 7 nitrogen and oxygen atoms in total. The number of rotatable bonds is 3. The molecule has 3 amide bonds. The van der Waals surface area contributed by atoms with Crippen molar-refractivity contribution in [3.05, 3.63) is 24.5 Å². The molecule has 0 radical (unpaired) electrons. The van der Waals surface area contributed by atoms with Crippen LogP contribution in [0, 0.1) is 5.92 Å². The lowest BCUT2D eigenvalue weighted by molar-refractivity contribution is -0.135. The lowest BCUT2D eigenvalue weighted by atomic mass is 9.73. The summed E-state index contributed by atoms with van der Waals surface area (Å²) >= 11 is 0. The summed E-state index contributed by atoms with van der Waals surface area (Å²) in [6, 6.07) is 3.81. The van der Waals surface area contributed by atoms with E-state index in [9.17, 15) is 9.59 Å². The van der Waals surface area contributed by atoms with Gasteiger partial charge in [-0.2, -0.15) is 0 Å². The molecule has 2 aliphatic heterocycles. The quantitative estimate of drug-likeness (QED) is 0.834. The second kappa shape index (κ2) is 6.87. The van der Waals surface area contributed by atoms with Gasteiger partial charge in [0.2, 0.25) is 0 Å². The number of carbonyl (C=O) groups is 2. The first-order valence-corrected chi connectivity index (χ1v) is 9.61. The van der Waals surface area contributed by atoms with Crippen molar-refractivity contribution in [3.63, 3.8) is 0 Å². The predicted octanol–water partition coefficient (Wildman–Crippen LogP) is 1.66. The number of imide groups is 1. The maximum atomic E-state index is 13.1. The molecule has 1 spiro atoms. The summed E-state index contributed by atoms with van der Waals surface area (Å²) in [5.41, 5.74) is 0.512. The standard InChI is InChI=1S/C19H27N5O2/c1-15-4-2-3-7-19(15)17(25)24(18(26)21-19)14-22-10-12-23(13-11-22)16-5-8-20-9-6-16/h5-6,8-9,15H,2-4,7,10-14H2,1H3,(H,21,26)/t15-,19-/m1/s1. The van der Waals surface area contributed by atoms with Crippen LogP contribution in [0.1, 0.15) is 32.6 Å². The van der Waals surface area contributed by atoms with Crippen molar-refractivity contribution in [2.75, 3.05) is 37.7 Å². The molecule has 1 aliphatic carbocycles. The number of hydrogen-bond donors (Lipinski definition) is 1. The first kappa shape index (κ1) is 17.3. The van der Waals surface area contributed by atoms with Crippen molar-refractivity contribution in [2.45, 2.75) is 38.1 Å². The molecule has 3 heterocycles. The number of nitrogens with zero attached hydrogens (tertiary/aromatic N) is 4. The monoisotopic (exact) mass is 357 g/mol. The fourth-order valence-electron chi connectivity index (χ4n) is 4.53. The van der Waals surface area contributed by atoms with Gasteiger partial charge in [0.25, 0.3) is 5.91 Å². The number of anilines is 1. The van der Waals surface area contributed by atoms with E-state index in [1.165, 1.54) is 10.6 Å². The predicted molar refractivity (Wildman–Crippen MR) is 98.6 cm³/mol. The van der Waals surface area contributed by atoms with Crippen LogP contribution in [0.25, 0.3) is 0 Å². The van der Waals surface area contributed by atoms with E-state index < -0.39 is 5.54 Å². The van der Waals surface area contributed by atoms with Gasteiger partial charge in [-0.3, -0.25) is 14.7 Å². The number of piperazine rings is 1. The minimum absolute atomic E-state index is 0.0220. The van der Waals surface area contributed by atoms with E-state index in [2.05, 4.69) is 27.0 Å². The number of aromatic nitrogens is 1. The van der Waals surface area contributed by atoms with Crippen LogP contribution in [-0.4, -0.2) is 65.1 Å². The molecule has 0 aromatic carbocycles. The highest BCUT2D eigenvalue weighted by molar-refractivity contribution is 6.07. The SMILES string of the molecule is C[C@@H]1CCCC[C@@]12NC(=O)N(CN1CCN(c3ccncc3)CC1)C2=O. The normalized spacial score (nSPS) is 30.1. The number of carbonyl (C=O) groups excluding carboxylic acids is 2. The number of nitrogens with one attached hydrogen (secondary N) is 1. The van der Waals surface area contributed by atoms with Gasteiger partial charge >= 0.3 is 6.03 Å². The van der Waals surface area contributed by atoms with Crippen molar-refractivity contribution >= 4 is 17.6 Å². The molecule has 2 saturated heterocycles. The molecule has 7 heteroatoms. The Hall–Kier alpha value is -2.15. The third kappa shape index (κ3) is 2.94. The van der Waals surface area contributed by atoms with Gasteiger partial charge in [-0.1, -0.05) is 19.8 Å². The summed E-state index contributed by atoms with van der Waals surface area (Å²) in [7, 11) is 0. The molecular weight excluding hydrogens is 330 g/mol. The first-order valence-electron chi connectivity index (χ1n) is 9.61. The summed E-state index contributed by atoms with van der Waals surface area (Å²) in [6.07, 6.45) is 7.53. The summed E-state index contributed by atoms with van der Waals surface area (Å²) in [5.74, 6) is 0.188. The Bertz CT molecular complexity index is 674. The van der Waals surface area contributed by atoms with E-state index in [0.717, 1.165) is 51.9 Å². The highest BCUT2D eigenvalue weighted by Gasteiger charge is 2.55. The molecule has 1 N–H and O–H groups in total. The second-order valence-electron chi connectivity index (χ2n) is 7.73. The van der Waals surface area contributed by atoms with Gasteiger partial charge in [-0.05, 0) is 30.9 Å². The number of hydrogen-bond acceptors (Lipinski definition) is 5. The maximum absolute atomic E-state index is 13.1. The van der Waals surface area contributed by atoms with Crippen LogP contribution >= 0.6 is 0 Å². The Morgan fingerprint density at radius 2 is 1.88 bits per heavy atom. The van der Waals surface area contributed by atoms with Crippen LogP contribution < -0.4 is 10.2 Å². The van der Waals surface area contributed by atoms with Crippen LogP contribution in [0.15, 0.2) is 24.5 Å². The molecular formula is C19H27N5O2. The van der Waals surface area contributed by atoms with Crippen molar-refractivity contribution in [1.29, 1.82) is 0 Å². The molecule has 4 rings (SSSR count). The average molecular weight is 357 g/mol. The van der Waals surface area contributed by atoms with E-state index in [1.807, 2.05) is 12.1 Å². The van der Waals surface area contributed by atoms with Crippen LogP contribution in [0.5, 0.6) is 0 Å². The zero-order valence-electron chi connectivity index (χ0n) is 15.4. The van der Waals surface area contributed by atoms with E-state index in [1.54, 1.807) is 12.4 Å². The van der Waals surface area contributed by atoms with E-state index in [-0.39, 0.29) is 17.9 Å². The highest BCUT2D eigenvalue weighted by atomic mass is 16.2. The highest BCUT2D eigenvalue weighted by Crippen LogP contribution is 2.38. The fourth-order valence-corrected chi connectivity index (χ4v) is 4.53. The van der Waals surface area contributed by atoms with E-state index in [0.29, 0.717) is 6.67 Å². The Morgan fingerprint density at radius 1 is 1.15 bits per heavy atom. The van der Waals surface area contributed by atoms with Gasteiger partial charge in [0, 0.05) is 44.3 Å².